The summed E-state index contributed by atoms with van der Waals surface area (Å²) in [5, 5.41) is 22.3. The van der Waals surface area contributed by atoms with E-state index in [1.165, 1.54) is 28.5 Å². The predicted octanol–water partition coefficient (Wildman–Crippen LogP) is 3.90. The lowest BCUT2D eigenvalue weighted by Crippen LogP contribution is -2.37. The first kappa shape index (κ1) is 22.1. The smallest absolute Gasteiger partial charge is 0.151 e. The Kier molecular flexibility index (Phi) is 5.92. The van der Waals surface area contributed by atoms with Crippen LogP contribution in [0.15, 0.2) is 66.2 Å². The molecule has 1 atom stereocenters. The topological polar surface area (TPSA) is 65.7 Å². The second kappa shape index (κ2) is 9.36. The van der Waals surface area contributed by atoms with E-state index in [4.69, 9.17) is 4.98 Å². The third-order valence-electron chi connectivity index (χ3n) is 6.96. The first-order valence-electron chi connectivity index (χ1n) is 12.2. The second-order valence-electron chi connectivity index (χ2n) is 9.49. The van der Waals surface area contributed by atoms with Crippen LogP contribution in [0.4, 0.5) is 5.82 Å². The second-order valence-corrected chi connectivity index (χ2v) is 10.4. The number of piperidine rings is 1. The molecule has 2 aromatic carbocycles. The molecular weight excluding hydrogens is 453 g/mol. The molecule has 6 nitrogen and oxygen atoms in total. The van der Waals surface area contributed by atoms with Gasteiger partial charge in [-0.05, 0) is 65.3 Å². The minimum absolute atomic E-state index is 0.233. The highest BCUT2D eigenvalue weighted by molar-refractivity contribution is 7.17. The quantitative estimate of drug-likeness (QED) is 0.360. The van der Waals surface area contributed by atoms with Gasteiger partial charge in [0.1, 0.15) is 19.4 Å². The monoisotopic (exact) mass is 481 g/mol. The fourth-order valence-corrected chi connectivity index (χ4v) is 6.09. The molecule has 1 saturated heterocycles. The molecule has 0 aliphatic carbocycles. The minimum atomic E-state index is 0.233. The third kappa shape index (κ3) is 4.39. The van der Waals surface area contributed by atoms with Crippen molar-refractivity contribution in [2.45, 2.75) is 19.4 Å². The standard InChI is InChI=1S/C27H28BN5OS/c28-22-14-30-33-26(12-23(31-27(22)33)21-8-1-3-9-24(21)34)29-13-18-6-5-11-32(15-18)16-19-17-35-25-10-4-2-7-20(19)25/h1-4,7-10,12,14,17-18,29,34H,5-6,11,13,15-16,28H2. The molecule has 6 rings (SSSR count). The molecule has 35 heavy (non-hydrogen) atoms. The number of aromatic nitrogens is 3. The number of thiophene rings is 1. The first-order valence-corrected chi connectivity index (χ1v) is 13.1. The van der Waals surface area contributed by atoms with Crippen molar-refractivity contribution in [1.82, 2.24) is 19.5 Å². The highest BCUT2D eigenvalue weighted by Crippen LogP contribution is 2.30. The van der Waals surface area contributed by atoms with Crippen LogP contribution in [0.2, 0.25) is 0 Å². The van der Waals surface area contributed by atoms with E-state index < -0.39 is 0 Å². The van der Waals surface area contributed by atoms with Crippen molar-refractivity contribution < 1.29 is 5.11 Å². The molecule has 0 saturated carbocycles. The third-order valence-corrected chi connectivity index (χ3v) is 7.97. The van der Waals surface area contributed by atoms with Crippen LogP contribution in [0, 0.1) is 5.92 Å². The summed E-state index contributed by atoms with van der Waals surface area (Å²) < 4.78 is 3.24. The lowest BCUT2D eigenvalue weighted by molar-refractivity contribution is 0.174. The fraction of sp³-hybridized carbons (Fsp3) is 0.259. The summed E-state index contributed by atoms with van der Waals surface area (Å²) >= 11 is 1.84. The van der Waals surface area contributed by atoms with Crippen LogP contribution >= 0.6 is 11.3 Å². The SMILES string of the molecule is Bc1cnn2c(NCC3CCCN(Cc4csc5ccccc45)C3)cc(-c3ccccc3O)nc12. The maximum atomic E-state index is 10.4. The lowest BCUT2D eigenvalue weighted by Gasteiger charge is -2.33. The predicted molar refractivity (Wildman–Crippen MR) is 147 cm³/mol. The largest absolute Gasteiger partial charge is 0.507 e. The van der Waals surface area contributed by atoms with Gasteiger partial charge in [0.15, 0.2) is 5.65 Å². The minimum Gasteiger partial charge on any atom is -0.507 e. The number of para-hydroxylation sites is 1. The highest BCUT2D eigenvalue weighted by Gasteiger charge is 2.22. The number of fused-ring (bicyclic) bond motifs is 2. The van der Waals surface area contributed by atoms with Crippen molar-refractivity contribution >= 4 is 46.2 Å². The van der Waals surface area contributed by atoms with E-state index >= 15 is 0 Å². The number of rotatable bonds is 6. The van der Waals surface area contributed by atoms with E-state index in [1.54, 1.807) is 6.07 Å². The van der Waals surface area contributed by atoms with Crippen LogP contribution in [0.5, 0.6) is 5.75 Å². The van der Waals surface area contributed by atoms with Crippen molar-refractivity contribution in [1.29, 1.82) is 0 Å². The lowest BCUT2D eigenvalue weighted by atomic mass is 9.97. The number of anilines is 1. The van der Waals surface area contributed by atoms with Crippen LogP contribution in [0.3, 0.4) is 0 Å². The molecular formula is C27H28BN5OS. The number of phenols is 1. The number of nitrogens with zero attached hydrogens (tertiary/aromatic N) is 4. The Balaban J connectivity index is 1.20. The Morgan fingerprint density at radius 2 is 2.00 bits per heavy atom. The molecule has 1 aliphatic heterocycles. The Hall–Kier alpha value is -3.36. The van der Waals surface area contributed by atoms with Crippen LogP contribution in [0.25, 0.3) is 27.0 Å². The molecule has 0 spiro atoms. The number of benzene rings is 2. The van der Waals surface area contributed by atoms with E-state index in [1.807, 2.05) is 54.2 Å². The number of hydrogen-bond acceptors (Lipinski definition) is 6. The van der Waals surface area contributed by atoms with Gasteiger partial charge < -0.3 is 10.4 Å². The van der Waals surface area contributed by atoms with Crippen molar-refractivity contribution in [3.05, 3.63) is 71.7 Å². The molecule has 1 aliphatic rings. The van der Waals surface area contributed by atoms with Crippen LogP contribution < -0.4 is 10.8 Å². The zero-order chi connectivity index (χ0) is 23.8. The number of hydrogen-bond donors (Lipinski definition) is 2. The molecule has 2 N–H and O–H groups in total. The molecule has 0 radical (unpaired) electrons. The molecule has 1 unspecified atom stereocenters. The first-order chi connectivity index (χ1) is 17.2. The average molecular weight is 481 g/mol. The van der Waals surface area contributed by atoms with Crippen LogP contribution in [-0.2, 0) is 6.54 Å². The van der Waals surface area contributed by atoms with Gasteiger partial charge in [-0.15, -0.1) is 11.3 Å². The summed E-state index contributed by atoms with van der Waals surface area (Å²) in [5.41, 5.74) is 4.73. The molecule has 0 bridgehead atoms. The van der Waals surface area contributed by atoms with Gasteiger partial charge in [0.2, 0.25) is 0 Å². The fourth-order valence-electron chi connectivity index (χ4n) is 5.13. The van der Waals surface area contributed by atoms with E-state index in [2.05, 4.69) is 45.0 Å². The molecule has 5 aromatic rings. The summed E-state index contributed by atoms with van der Waals surface area (Å²) in [6, 6.07) is 18.0. The zero-order valence-electron chi connectivity index (χ0n) is 19.8. The van der Waals surface area contributed by atoms with Gasteiger partial charge in [0, 0.05) is 42.2 Å². The van der Waals surface area contributed by atoms with Crippen LogP contribution in [-0.4, -0.2) is 52.1 Å². The number of aromatic hydroxyl groups is 1. The summed E-state index contributed by atoms with van der Waals surface area (Å²) in [4.78, 5) is 7.39. The molecule has 0 amide bonds. The molecule has 4 heterocycles. The normalized spacial score (nSPS) is 16.7. The summed E-state index contributed by atoms with van der Waals surface area (Å²) in [6.07, 6.45) is 4.27. The molecule has 3 aromatic heterocycles. The summed E-state index contributed by atoms with van der Waals surface area (Å²) in [6.45, 7) is 4.11. The molecule has 176 valence electrons. The van der Waals surface area contributed by atoms with Gasteiger partial charge >= 0.3 is 0 Å². The van der Waals surface area contributed by atoms with Gasteiger partial charge in [-0.2, -0.15) is 9.61 Å². The number of nitrogens with one attached hydrogen (secondary N) is 1. The zero-order valence-corrected chi connectivity index (χ0v) is 20.6. The Bertz CT molecular complexity index is 1500. The Morgan fingerprint density at radius 1 is 1.14 bits per heavy atom. The highest BCUT2D eigenvalue weighted by atomic mass is 32.1. The van der Waals surface area contributed by atoms with Crippen molar-refractivity contribution in [3.63, 3.8) is 0 Å². The maximum absolute atomic E-state index is 10.4. The van der Waals surface area contributed by atoms with E-state index in [-0.39, 0.29) is 5.75 Å². The van der Waals surface area contributed by atoms with Gasteiger partial charge in [0.05, 0.1) is 5.69 Å². The van der Waals surface area contributed by atoms with Crippen molar-refractivity contribution in [2.24, 2.45) is 5.92 Å². The van der Waals surface area contributed by atoms with E-state index in [9.17, 15) is 5.11 Å². The average Bonchev–Trinajstić information content (AvgIpc) is 3.47. The number of likely N-dealkylation sites (tertiary alicyclic amines) is 1. The van der Waals surface area contributed by atoms with Crippen molar-refractivity contribution in [3.8, 4) is 17.0 Å². The van der Waals surface area contributed by atoms with Gasteiger partial charge in [-0.3, -0.25) is 4.90 Å². The van der Waals surface area contributed by atoms with Gasteiger partial charge in [0.25, 0.3) is 0 Å². The van der Waals surface area contributed by atoms with Crippen molar-refractivity contribution in [2.75, 3.05) is 25.0 Å². The van der Waals surface area contributed by atoms with Gasteiger partial charge in [-0.1, -0.05) is 30.3 Å². The maximum Gasteiger partial charge on any atom is 0.151 e. The number of phenolic OH excluding ortho intramolecular Hbond substituents is 1. The summed E-state index contributed by atoms with van der Waals surface area (Å²) in [5.74, 6) is 1.70. The van der Waals surface area contributed by atoms with Crippen LogP contribution in [0.1, 0.15) is 18.4 Å². The molecule has 8 heteroatoms. The Morgan fingerprint density at radius 3 is 2.91 bits per heavy atom. The van der Waals surface area contributed by atoms with Gasteiger partial charge in [-0.25, -0.2) is 4.98 Å². The van der Waals surface area contributed by atoms with E-state index in [0.717, 1.165) is 54.4 Å². The summed E-state index contributed by atoms with van der Waals surface area (Å²) in [7, 11) is 2.01. The van der Waals surface area contributed by atoms with E-state index in [0.29, 0.717) is 5.92 Å². The Labute approximate surface area is 209 Å². The molecule has 1 fully saturated rings.